The Balaban J connectivity index is 1.97. The van der Waals surface area contributed by atoms with Gasteiger partial charge in [-0.05, 0) is 43.0 Å². The van der Waals surface area contributed by atoms with Gasteiger partial charge in [0.2, 0.25) is 0 Å². The number of hydrogen-bond acceptors (Lipinski definition) is 4. The van der Waals surface area contributed by atoms with Gasteiger partial charge in [0.25, 0.3) is 0 Å². The van der Waals surface area contributed by atoms with Crippen LogP contribution >= 0.6 is 0 Å². The van der Waals surface area contributed by atoms with Gasteiger partial charge in [0, 0.05) is 6.61 Å². The first-order chi connectivity index (χ1) is 8.33. The number of rotatable bonds is 5. The Hall–Kier alpha value is -1.26. The number of benzene rings is 1. The molecule has 0 aliphatic carbocycles. The van der Waals surface area contributed by atoms with Crippen molar-refractivity contribution in [2.24, 2.45) is 11.7 Å². The summed E-state index contributed by atoms with van der Waals surface area (Å²) >= 11 is 0. The standard InChI is InChI=1S/C13H19NO3/c14-8-11(9-15)2-1-10-3-4-12-13(7-10)17-6-5-16-12/h3-4,7,11,15H,1-2,5-6,8-9,14H2. The SMILES string of the molecule is NCC(CO)CCc1ccc2c(c1)OCCO2. The lowest BCUT2D eigenvalue weighted by Gasteiger charge is -2.19. The van der Waals surface area contributed by atoms with Gasteiger partial charge in [0.05, 0.1) is 0 Å². The minimum absolute atomic E-state index is 0.154. The van der Waals surface area contributed by atoms with Crippen LogP contribution in [0.2, 0.25) is 0 Å². The average molecular weight is 237 g/mol. The molecule has 3 N–H and O–H groups in total. The summed E-state index contributed by atoms with van der Waals surface area (Å²) in [4.78, 5) is 0. The maximum atomic E-state index is 9.07. The van der Waals surface area contributed by atoms with Crippen molar-refractivity contribution in [1.82, 2.24) is 0 Å². The van der Waals surface area contributed by atoms with E-state index in [1.165, 1.54) is 5.56 Å². The third kappa shape index (κ3) is 3.11. The minimum Gasteiger partial charge on any atom is -0.486 e. The van der Waals surface area contributed by atoms with E-state index in [1.54, 1.807) is 0 Å². The molecule has 0 saturated heterocycles. The molecule has 0 saturated carbocycles. The van der Waals surface area contributed by atoms with Crippen LogP contribution in [0.15, 0.2) is 18.2 Å². The fraction of sp³-hybridized carbons (Fsp3) is 0.538. The Kier molecular flexibility index (Phi) is 4.23. The molecule has 4 heteroatoms. The van der Waals surface area contributed by atoms with E-state index in [1.807, 2.05) is 18.2 Å². The van der Waals surface area contributed by atoms with E-state index in [-0.39, 0.29) is 12.5 Å². The number of aliphatic hydroxyl groups is 1. The minimum atomic E-state index is 0.154. The molecule has 1 aliphatic heterocycles. The molecule has 0 radical (unpaired) electrons. The first-order valence-electron chi connectivity index (χ1n) is 6.03. The number of ether oxygens (including phenoxy) is 2. The van der Waals surface area contributed by atoms with Crippen molar-refractivity contribution in [3.8, 4) is 11.5 Å². The van der Waals surface area contributed by atoms with Crippen LogP contribution in [0.3, 0.4) is 0 Å². The largest absolute Gasteiger partial charge is 0.486 e. The molecular weight excluding hydrogens is 218 g/mol. The van der Waals surface area contributed by atoms with Crippen LogP contribution in [0.4, 0.5) is 0 Å². The van der Waals surface area contributed by atoms with E-state index in [2.05, 4.69) is 0 Å². The number of aryl methyl sites for hydroxylation is 1. The first kappa shape index (κ1) is 12.2. The monoisotopic (exact) mass is 237 g/mol. The van der Waals surface area contributed by atoms with Gasteiger partial charge in [0.1, 0.15) is 13.2 Å². The zero-order chi connectivity index (χ0) is 12.1. The van der Waals surface area contributed by atoms with Gasteiger partial charge in [-0.25, -0.2) is 0 Å². The molecule has 2 rings (SSSR count). The van der Waals surface area contributed by atoms with Crippen LogP contribution in [0.25, 0.3) is 0 Å². The summed E-state index contributed by atoms with van der Waals surface area (Å²) in [5.74, 6) is 1.82. The van der Waals surface area contributed by atoms with Crippen molar-refractivity contribution >= 4 is 0 Å². The molecular formula is C13H19NO3. The van der Waals surface area contributed by atoms with Gasteiger partial charge >= 0.3 is 0 Å². The van der Waals surface area contributed by atoms with E-state index in [0.717, 1.165) is 24.3 Å². The Morgan fingerprint density at radius 1 is 1.24 bits per heavy atom. The van der Waals surface area contributed by atoms with Crippen molar-refractivity contribution < 1.29 is 14.6 Å². The van der Waals surface area contributed by atoms with Crippen LogP contribution in [-0.2, 0) is 6.42 Å². The van der Waals surface area contributed by atoms with Crippen molar-refractivity contribution in [3.05, 3.63) is 23.8 Å². The van der Waals surface area contributed by atoms with Crippen molar-refractivity contribution in [2.75, 3.05) is 26.4 Å². The molecule has 0 amide bonds. The molecule has 0 fully saturated rings. The quantitative estimate of drug-likeness (QED) is 0.800. The lowest BCUT2D eigenvalue weighted by molar-refractivity contribution is 0.171. The summed E-state index contributed by atoms with van der Waals surface area (Å²) in [6, 6.07) is 6.00. The smallest absolute Gasteiger partial charge is 0.161 e. The number of fused-ring (bicyclic) bond motifs is 1. The zero-order valence-corrected chi connectivity index (χ0v) is 9.89. The second-order valence-corrected chi connectivity index (χ2v) is 4.30. The molecule has 0 aromatic heterocycles. The molecule has 1 aliphatic rings. The Morgan fingerprint density at radius 2 is 2.00 bits per heavy atom. The Morgan fingerprint density at radius 3 is 2.71 bits per heavy atom. The van der Waals surface area contributed by atoms with E-state index in [4.69, 9.17) is 20.3 Å². The zero-order valence-electron chi connectivity index (χ0n) is 9.89. The van der Waals surface area contributed by atoms with Crippen molar-refractivity contribution in [1.29, 1.82) is 0 Å². The summed E-state index contributed by atoms with van der Waals surface area (Å²) < 4.78 is 11.0. The topological polar surface area (TPSA) is 64.7 Å². The van der Waals surface area contributed by atoms with Crippen molar-refractivity contribution in [3.63, 3.8) is 0 Å². The van der Waals surface area contributed by atoms with Gasteiger partial charge in [-0.15, -0.1) is 0 Å². The average Bonchev–Trinajstić information content (AvgIpc) is 2.40. The Labute approximate surface area is 101 Å². The lowest BCUT2D eigenvalue weighted by atomic mass is 10.00. The third-order valence-electron chi connectivity index (χ3n) is 3.04. The maximum absolute atomic E-state index is 9.07. The summed E-state index contributed by atoms with van der Waals surface area (Å²) in [7, 11) is 0. The van der Waals surface area contributed by atoms with Gasteiger partial charge < -0.3 is 20.3 Å². The van der Waals surface area contributed by atoms with E-state index in [0.29, 0.717) is 19.8 Å². The van der Waals surface area contributed by atoms with Crippen LogP contribution in [-0.4, -0.2) is 31.5 Å². The fourth-order valence-electron chi connectivity index (χ4n) is 1.90. The highest BCUT2D eigenvalue weighted by Gasteiger charge is 2.12. The van der Waals surface area contributed by atoms with Crippen LogP contribution in [0.5, 0.6) is 11.5 Å². The van der Waals surface area contributed by atoms with E-state index in [9.17, 15) is 0 Å². The molecule has 0 bridgehead atoms. The maximum Gasteiger partial charge on any atom is 0.161 e. The second-order valence-electron chi connectivity index (χ2n) is 4.30. The second kappa shape index (κ2) is 5.89. The highest BCUT2D eigenvalue weighted by Crippen LogP contribution is 2.31. The molecule has 1 heterocycles. The predicted molar refractivity (Wildman–Crippen MR) is 65.4 cm³/mol. The van der Waals surface area contributed by atoms with E-state index >= 15 is 0 Å². The number of aliphatic hydroxyl groups excluding tert-OH is 1. The predicted octanol–water partition coefficient (Wildman–Crippen LogP) is 0.958. The third-order valence-corrected chi connectivity index (χ3v) is 3.04. The highest BCUT2D eigenvalue weighted by molar-refractivity contribution is 5.43. The molecule has 1 aromatic rings. The molecule has 1 atom stereocenters. The summed E-state index contributed by atoms with van der Waals surface area (Å²) in [6.07, 6.45) is 1.80. The van der Waals surface area contributed by atoms with E-state index < -0.39 is 0 Å². The molecule has 4 nitrogen and oxygen atoms in total. The van der Waals surface area contributed by atoms with Crippen LogP contribution in [0, 0.1) is 5.92 Å². The molecule has 17 heavy (non-hydrogen) atoms. The molecule has 94 valence electrons. The van der Waals surface area contributed by atoms with Crippen LogP contribution < -0.4 is 15.2 Å². The fourth-order valence-corrected chi connectivity index (χ4v) is 1.90. The highest BCUT2D eigenvalue weighted by atomic mass is 16.6. The number of hydrogen-bond donors (Lipinski definition) is 2. The normalized spacial score (nSPS) is 15.6. The number of nitrogens with two attached hydrogens (primary N) is 1. The molecule has 1 aromatic carbocycles. The summed E-state index contributed by atoms with van der Waals surface area (Å²) in [5, 5.41) is 9.07. The Bertz CT molecular complexity index is 364. The molecule has 0 spiro atoms. The van der Waals surface area contributed by atoms with Crippen LogP contribution in [0.1, 0.15) is 12.0 Å². The van der Waals surface area contributed by atoms with Crippen molar-refractivity contribution in [2.45, 2.75) is 12.8 Å². The van der Waals surface area contributed by atoms with Gasteiger partial charge in [-0.2, -0.15) is 0 Å². The molecule has 1 unspecified atom stereocenters. The summed E-state index contributed by atoms with van der Waals surface area (Å²) in [5.41, 5.74) is 6.75. The lowest BCUT2D eigenvalue weighted by Crippen LogP contribution is -2.19. The summed E-state index contributed by atoms with van der Waals surface area (Å²) in [6.45, 7) is 1.91. The first-order valence-corrected chi connectivity index (χ1v) is 6.03. The van der Waals surface area contributed by atoms with Gasteiger partial charge in [-0.3, -0.25) is 0 Å². The van der Waals surface area contributed by atoms with Gasteiger partial charge in [0.15, 0.2) is 11.5 Å². The van der Waals surface area contributed by atoms with Gasteiger partial charge in [-0.1, -0.05) is 6.07 Å².